The van der Waals surface area contributed by atoms with Gasteiger partial charge in [0.2, 0.25) is 15.9 Å². The van der Waals surface area contributed by atoms with Crippen LogP contribution in [0.15, 0.2) is 29.2 Å². The Labute approximate surface area is 127 Å². The maximum Gasteiger partial charge on any atom is 0.402 e. The molecule has 0 heterocycles. The van der Waals surface area contributed by atoms with Crippen molar-refractivity contribution in [2.45, 2.75) is 24.9 Å². The van der Waals surface area contributed by atoms with E-state index in [1.165, 1.54) is 0 Å². The van der Waals surface area contributed by atoms with Crippen molar-refractivity contribution in [1.82, 2.24) is 4.31 Å². The first kappa shape index (κ1) is 18.4. The van der Waals surface area contributed by atoms with Crippen LogP contribution in [0, 0.1) is 5.92 Å². The Kier molecular flexibility index (Phi) is 5.58. The van der Waals surface area contributed by atoms with Crippen molar-refractivity contribution in [3.05, 3.63) is 29.8 Å². The molecule has 124 valence electrons. The van der Waals surface area contributed by atoms with Crippen LogP contribution >= 0.6 is 0 Å². The Morgan fingerprint density at radius 2 is 1.73 bits per heavy atom. The van der Waals surface area contributed by atoms with E-state index in [0.29, 0.717) is 4.31 Å². The number of primary amides is 1. The quantitative estimate of drug-likeness (QED) is 0.861. The molecule has 0 bridgehead atoms. The lowest BCUT2D eigenvalue weighted by molar-refractivity contribution is -0.136. The van der Waals surface area contributed by atoms with Gasteiger partial charge >= 0.3 is 6.18 Å². The van der Waals surface area contributed by atoms with E-state index in [1.807, 2.05) is 0 Å². The molecule has 1 amide bonds. The van der Waals surface area contributed by atoms with Gasteiger partial charge < -0.3 is 5.73 Å². The summed E-state index contributed by atoms with van der Waals surface area (Å²) in [5.74, 6) is -1.03. The van der Waals surface area contributed by atoms with Crippen LogP contribution in [0.5, 0.6) is 0 Å². The molecule has 1 aromatic rings. The van der Waals surface area contributed by atoms with Gasteiger partial charge in [0, 0.05) is 12.1 Å². The molecular formula is C13H17F3N2O3S. The van der Waals surface area contributed by atoms with Crippen LogP contribution in [0.3, 0.4) is 0 Å². The van der Waals surface area contributed by atoms with E-state index >= 15 is 0 Å². The molecule has 2 N–H and O–H groups in total. The summed E-state index contributed by atoms with van der Waals surface area (Å²) < 4.78 is 62.9. The molecule has 0 aromatic heterocycles. The summed E-state index contributed by atoms with van der Waals surface area (Å²) in [5.41, 5.74) is 5.11. The van der Waals surface area contributed by atoms with E-state index in [4.69, 9.17) is 5.73 Å². The first-order chi connectivity index (χ1) is 9.93. The van der Waals surface area contributed by atoms with Gasteiger partial charge in [-0.1, -0.05) is 13.8 Å². The third-order valence-electron chi connectivity index (χ3n) is 2.70. The van der Waals surface area contributed by atoms with Crippen LogP contribution in [-0.4, -0.2) is 37.9 Å². The predicted octanol–water partition coefficient (Wildman–Crippen LogP) is 1.99. The topological polar surface area (TPSA) is 80.5 Å². The van der Waals surface area contributed by atoms with Crippen molar-refractivity contribution in [3.8, 4) is 0 Å². The van der Waals surface area contributed by atoms with Gasteiger partial charge in [0.1, 0.15) is 6.54 Å². The van der Waals surface area contributed by atoms with Gasteiger partial charge in [-0.25, -0.2) is 8.42 Å². The maximum atomic E-state index is 12.6. The summed E-state index contributed by atoms with van der Waals surface area (Å²) >= 11 is 0. The highest BCUT2D eigenvalue weighted by Crippen LogP contribution is 2.24. The highest BCUT2D eigenvalue weighted by Gasteiger charge is 2.37. The lowest BCUT2D eigenvalue weighted by Crippen LogP contribution is -2.41. The average Bonchev–Trinajstić information content (AvgIpc) is 2.35. The van der Waals surface area contributed by atoms with Gasteiger partial charge in [-0.2, -0.15) is 17.5 Å². The highest BCUT2D eigenvalue weighted by molar-refractivity contribution is 7.89. The molecule has 1 rings (SSSR count). The van der Waals surface area contributed by atoms with E-state index in [2.05, 4.69) is 0 Å². The molecule has 1 aromatic carbocycles. The fourth-order valence-corrected chi connectivity index (χ4v) is 3.38. The second-order valence-corrected chi connectivity index (χ2v) is 7.13. The largest absolute Gasteiger partial charge is 0.402 e. The number of sulfonamides is 1. The third kappa shape index (κ3) is 4.99. The predicted molar refractivity (Wildman–Crippen MR) is 74.6 cm³/mol. The molecule has 0 spiro atoms. The van der Waals surface area contributed by atoms with Crippen LogP contribution in [0.4, 0.5) is 13.2 Å². The zero-order valence-corrected chi connectivity index (χ0v) is 12.9. The normalized spacial score (nSPS) is 12.9. The second-order valence-electron chi connectivity index (χ2n) is 5.20. The molecule has 0 unspecified atom stereocenters. The zero-order valence-electron chi connectivity index (χ0n) is 12.1. The first-order valence-electron chi connectivity index (χ1n) is 6.40. The average molecular weight is 338 g/mol. The van der Waals surface area contributed by atoms with E-state index in [0.717, 1.165) is 24.3 Å². The number of nitrogens with zero attached hydrogens (tertiary/aromatic N) is 1. The van der Waals surface area contributed by atoms with Crippen LogP contribution in [0.2, 0.25) is 0 Å². The first-order valence-corrected chi connectivity index (χ1v) is 7.84. The van der Waals surface area contributed by atoms with Gasteiger partial charge in [0.15, 0.2) is 0 Å². The Morgan fingerprint density at radius 1 is 1.23 bits per heavy atom. The van der Waals surface area contributed by atoms with Crippen LogP contribution < -0.4 is 5.73 Å². The number of hydrogen-bond acceptors (Lipinski definition) is 3. The summed E-state index contributed by atoms with van der Waals surface area (Å²) in [4.78, 5) is 10.6. The van der Waals surface area contributed by atoms with Crippen molar-refractivity contribution in [2.24, 2.45) is 11.7 Å². The molecule has 22 heavy (non-hydrogen) atoms. The minimum atomic E-state index is -4.64. The van der Waals surface area contributed by atoms with Gasteiger partial charge in [-0.3, -0.25) is 4.79 Å². The van der Waals surface area contributed by atoms with Crippen molar-refractivity contribution < 1.29 is 26.4 Å². The van der Waals surface area contributed by atoms with Gasteiger partial charge in [-0.15, -0.1) is 0 Å². The van der Waals surface area contributed by atoms with Crippen molar-refractivity contribution in [3.63, 3.8) is 0 Å². The fourth-order valence-electron chi connectivity index (χ4n) is 1.80. The summed E-state index contributed by atoms with van der Waals surface area (Å²) in [6, 6.07) is 4.46. The number of rotatable bonds is 6. The Morgan fingerprint density at radius 3 is 2.09 bits per heavy atom. The number of amides is 1. The molecule has 0 atom stereocenters. The van der Waals surface area contributed by atoms with E-state index in [-0.39, 0.29) is 22.9 Å². The van der Waals surface area contributed by atoms with E-state index < -0.39 is 28.7 Å². The number of carbonyl (C=O) groups is 1. The number of nitrogens with two attached hydrogens (primary N) is 1. The molecule has 9 heteroatoms. The number of carbonyl (C=O) groups excluding carboxylic acids is 1. The van der Waals surface area contributed by atoms with Crippen LogP contribution in [0.1, 0.15) is 24.2 Å². The third-order valence-corrected chi connectivity index (χ3v) is 4.53. The minimum absolute atomic E-state index is 0.0742. The molecule has 0 saturated heterocycles. The van der Waals surface area contributed by atoms with Gasteiger partial charge in [0.05, 0.1) is 4.90 Å². The van der Waals surface area contributed by atoms with Crippen LogP contribution in [0.25, 0.3) is 0 Å². The molecule has 0 aliphatic carbocycles. The van der Waals surface area contributed by atoms with Crippen molar-refractivity contribution in [1.29, 1.82) is 0 Å². The number of halogens is 3. The van der Waals surface area contributed by atoms with Gasteiger partial charge in [-0.05, 0) is 30.2 Å². The number of benzene rings is 1. The van der Waals surface area contributed by atoms with E-state index in [1.54, 1.807) is 13.8 Å². The Bertz CT molecular complexity index is 625. The molecule has 0 fully saturated rings. The Balaban J connectivity index is 3.17. The summed E-state index contributed by atoms with van der Waals surface area (Å²) in [6.45, 7) is 1.41. The SMILES string of the molecule is CC(C)CN(CC(F)(F)F)S(=O)(=O)c1ccc(C(N)=O)cc1. The van der Waals surface area contributed by atoms with Crippen molar-refractivity contribution in [2.75, 3.05) is 13.1 Å². The zero-order chi connectivity index (χ0) is 17.1. The number of hydrogen-bond donors (Lipinski definition) is 1. The minimum Gasteiger partial charge on any atom is -0.366 e. The molecular weight excluding hydrogens is 321 g/mol. The van der Waals surface area contributed by atoms with Gasteiger partial charge in [0.25, 0.3) is 0 Å². The lowest BCUT2D eigenvalue weighted by atomic mass is 10.2. The molecule has 5 nitrogen and oxygen atoms in total. The standard InChI is InChI=1S/C13H17F3N2O3S/c1-9(2)7-18(8-13(14,15)16)22(20,21)11-5-3-10(4-6-11)12(17)19/h3-6,9H,7-8H2,1-2H3,(H2,17,19). The smallest absolute Gasteiger partial charge is 0.366 e. The Hall–Kier alpha value is -1.61. The summed E-state index contributed by atoms with van der Waals surface area (Å²) in [7, 11) is -4.31. The fraction of sp³-hybridized carbons (Fsp3) is 0.462. The molecule has 0 aliphatic rings. The van der Waals surface area contributed by atoms with E-state index in [9.17, 15) is 26.4 Å². The molecule has 0 saturated carbocycles. The monoisotopic (exact) mass is 338 g/mol. The molecule has 0 aliphatic heterocycles. The van der Waals surface area contributed by atoms with Crippen molar-refractivity contribution >= 4 is 15.9 Å². The number of alkyl halides is 3. The summed E-state index contributed by atoms with van der Waals surface area (Å²) in [6.07, 6.45) is -4.64. The van der Waals surface area contributed by atoms with Crippen LogP contribution in [-0.2, 0) is 10.0 Å². The second kappa shape index (κ2) is 6.66. The molecule has 0 radical (unpaired) electrons. The lowest BCUT2D eigenvalue weighted by Gasteiger charge is -2.25. The summed E-state index contributed by atoms with van der Waals surface area (Å²) in [5, 5.41) is 0. The maximum absolute atomic E-state index is 12.6. The highest BCUT2D eigenvalue weighted by atomic mass is 32.2.